The maximum atomic E-state index is 12.9. The smallest absolute Gasteiger partial charge is 0.364 e. The maximum absolute atomic E-state index is 12.9. The Kier molecular flexibility index (Phi) is 3.70. The number of hydrogen-bond acceptors (Lipinski definition) is 3. The molecule has 2 aromatic carbocycles. The molecule has 1 aromatic heterocycles. The molecule has 0 radical (unpaired) electrons. The molecule has 0 saturated carbocycles. The molecule has 0 atom stereocenters. The summed E-state index contributed by atoms with van der Waals surface area (Å²) in [6, 6.07) is 14.6. The predicted molar refractivity (Wildman–Crippen MR) is 79.7 cm³/mol. The van der Waals surface area contributed by atoms with Gasteiger partial charge in [-0.25, -0.2) is 13.9 Å². The molecule has 0 aliphatic rings. The van der Waals surface area contributed by atoms with E-state index in [9.17, 15) is 9.18 Å². The SMILES string of the molecule is Cc1ccc(OC(=O)c2ccn(-c3ccc(F)cc3)n2)cc1. The Balaban J connectivity index is 1.76. The third-order valence-corrected chi connectivity index (χ3v) is 3.12. The summed E-state index contributed by atoms with van der Waals surface area (Å²) in [5.41, 5.74) is 1.93. The first-order valence-corrected chi connectivity index (χ1v) is 6.72. The molecule has 110 valence electrons. The molecule has 3 rings (SSSR count). The van der Waals surface area contributed by atoms with E-state index in [0.29, 0.717) is 11.4 Å². The lowest BCUT2D eigenvalue weighted by Crippen LogP contribution is -2.10. The molecule has 0 amide bonds. The van der Waals surface area contributed by atoms with Gasteiger partial charge in [0.1, 0.15) is 11.6 Å². The Morgan fingerprint density at radius 2 is 1.73 bits per heavy atom. The summed E-state index contributed by atoms with van der Waals surface area (Å²) in [5, 5.41) is 4.14. The zero-order chi connectivity index (χ0) is 15.5. The number of carbonyl (C=O) groups is 1. The standard InChI is InChI=1S/C17H13FN2O2/c1-12-2-8-15(9-3-12)22-17(21)16-10-11-20(19-16)14-6-4-13(18)5-7-14/h2-11H,1H3. The zero-order valence-electron chi connectivity index (χ0n) is 11.9. The summed E-state index contributed by atoms with van der Waals surface area (Å²) in [6.07, 6.45) is 1.62. The van der Waals surface area contributed by atoms with Crippen LogP contribution in [0.15, 0.2) is 60.8 Å². The first kappa shape index (κ1) is 14.0. The number of halogens is 1. The van der Waals surface area contributed by atoms with E-state index in [4.69, 9.17) is 4.74 Å². The number of aryl methyl sites for hydroxylation is 1. The van der Waals surface area contributed by atoms with Crippen LogP contribution in [0.5, 0.6) is 5.75 Å². The molecule has 0 aliphatic carbocycles. The molecule has 0 N–H and O–H groups in total. The maximum Gasteiger partial charge on any atom is 0.364 e. The lowest BCUT2D eigenvalue weighted by Gasteiger charge is -2.03. The van der Waals surface area contributed by atoms with Crippen molar-refractivity contribution in [2.45, 2.75) is 6.92 Å². The highest BCUT2D eigenvalue weighted by atomic mass is 19.1. The van der Waals surface area contributed by atoms with Crippen molar-refractivity contribution < 1.29 is 13.9 Å². The number of hydrogen-bond donors (Lipinski definition) is 0. The van der Waals surface area contributed by atoms with Gasteiger partial charge in [0.25, 0.3) is 0 Å². The van der Waals surface area contributed by atoms with Gasteiger partial charge < -0.3 is 4.74 Å². The second kappa shape index (κ2) is 5.81. The van der Waals surface area contributed by atoms with E-state index in [-0.39, 0.29) is 11.5 Å². The average molecular weight is 296 g/mol. The molecule has 5 heteroatoms. The first-order chi connectivity index (χ1) is 10.6. The number of aromatic nitrogens is 2. The average Bonchev–Trinajstić information content (AvgIpc) is 3.00. The number of carbonyl (C=O) groups excluding carboxylic acids is 1. The molecular weight excluding hydrogens is 283 g/mol. The van der Waals surface area contributed by atoms with Crippen LogP contribution in [0.3, 0.4) is 0 Å². The molecule has 0 fully saturated rings. The highest BCUT2D eigenvalue weighted by Crippen LogP contribution is 2.14. The van der Waals surface area contributed by atoms with E-state index >= 15 is 0 Å². The van der Waals surface area contributed by atoms with Crippen molar-refractivity contribution in [1.29, 1.82) is 0 Å². The van der Waals surface area contributed by atoms with Gasteiger partial charge in [0.15, 0.2) is 5.69 Å². The van der Waals surface area contributed by atoms with Crippen molar-refractivity contribution in [3.05, 3.63) is 77.9 Å². The van der Waals surface area contributed by atoms with E-state index in [2.05, 4.69) is 5.10 Å². The quantitative estimate of drug-likeness (QED) is 0.548. The van der Waals surface area contributed by atoms with Crippen LogP contribution in [-0.2, 0) is 0 Å². The normalized spacial score (nSPS) is 10.5. The summed E-state index contributed by atoms with van der Waals surface area (Å²) in [6.45, 7) is 1.95. The van der Waals surface area contributed by atoms with Crippen molar-refractivity contribution in [2.24, 2.45) is 0 Å². The number of rotatable bonds is 3. The van der Waals surface area contributed by atoms with Gasteiger partial charge in [0.05, 0.1) is 5.69 Å². The van der Waals surface area contributed by atoms with E-state index in [1.807, 2.05) is 19.1 Å². The Hall–Kier alpha value is -2.95. The van der Waals surface area contributed by atoms with Crippen molar-refractivity contribution >= 4 is 5.97 Å². The van der Waals surface area contributed by atoms with Crippen LogP contribution in [-0.4, -0.2) is 15.7 Å². The van der Waals surface area contributed by atoms with Gasteiger partial charge in [-0.15, -0.1) is 0 Å². The molecule has 0 aliphatic heterocycles. The van der Waals surface area contributed by atoms with Crippen LogP contribution in [0.2, 0.25) is 0 Å². The summed E-state index contributed by atoms with van der Waals surface area (Å²) in [5.74, 6) is -0.397. The summed E-state index contributed by atoms with van der Waals surface area (Å²) < 4.78 is 19.6. The fourth-order valence-corrected chi connectivity index (χ4v) is 1.94. The van der Waals surface area contributed by atoms with Gasteiger partial charge >= 0.3 is 5.97 Å². The van der Waals surface area contributed by atoms with Crippen molar-refractivity contribution in [1.82, 2.24) is 9.78 Å². The second-order valence-corrected chi connectivity index (χ2v) is 4.82. The van der Waals surface area contributed by atoms with E-state index in [0.717, 1.165) is 5.56 Å². The third-order valence-electron chi connectivity index (χ3n) is 3.12. The Bertz CT molecular complexity index is 792. The molecule has 1 heterocycles. The van der Waals surface area contributed by atoms with Crippen LogP contribution in [0, 0.1) is 12.7 Å². The highest BCUT2D eigenvalue weighted by molar-refractivity contribution is 5.88. The first-order valence-electron chi connectivity index (χ1n) is 6.72. The molecule has 4 nitrogen and oxygen atoms in total. The molecule has 0 saturated heterocycles. The minimum atomic E-state index is -0.537. The molecule has 0 bridgehead atoms. The van der Waals surface area contributed by atoms with Gasteiger partial charge in [0.2, 0.25) is 0 Å². The van der Waals surface area contributed by atoms with E-state index in [1.165, 1.54) is 16.8 Å². The van der Waals surface area contributed by atoms with Crippen LogP contribution in [0.4, 0.5) is 4.39 Å². The van der Waals surface area contributed by atoms with Crippen LogP contribution in [0.1, 0.15) is 16.1 Å². The van der Waals surface area contributed by atoms with Gasteiger partial charge in [-0.05, 0) is 49.4 Å². The lowest BCUT2D eigenvalue weighted by molar-refractivity contribution is 0.0728. The van der Waals surface area contributed by atoms with Gasteiger partial charge in [-0.1, -0.05) is 17.7 Å². The van der Waals surface area contributed by atoms with Gasteiger partial charge in [0, 0.05) is 6.20 Å². The molecular formula is C17H13FN2O2. The van der Waals surface area contributed by atoms with Gasteiger partial charge in [-0.3, -0.25) is 0 Å². The molecule has 0 spiro atoms. The zero-order valence-corrected chi connectivity index (χ0v) is 11.9. The lowest BCUT2D eigenvalue weighted by atomic mass is 10.2. The summed E-state index contributed by atoms with van der Waals surface area (Å²) in [7, 11) is 0. The van der Waals surface area contributed by atoms with E-state index < -0.39 is 5.97 Å². The van der Waals surface area contributed by atoms with Crippen LogP contribution in [0.25, 0.3) is 5.69 Å². The predicted octanol–water partition coefficient (Wildman–Crippen LogP) is 3.54. The number of benzene rings is 2. The number of esters is 1. The minimum absolute atomic E-state index is 0.185. The monoisotopic (exact) mass is 296 g/mol. The fraction of sp³-hybridized carbons (Fsp3) is 0.0588. The van der Waals surface area contributed by atoms with Crippen LogP contribution < -0.4 is 4.74 Å². The summed E-state index contributed by atoms with van der Waals surface area (Å²) in [4.78, 5) is 12.0. The Morgan fingerprint density at radius 1 is 1.05 bits per heavy atom. The fourth-order valence-electron chi connectivity index (χ4n) is 1.94. The van der Waals surface area contributed by atoms with Crippen LogP contribution >= 0.6 is 0 Å². The van der Waals surface area contributed by atoms with Gasteiger partial charge in [-0.2, -0.15) is 5.10 Å². The second-order valence-electron chi connectivity index (χ2n) is 4.82. The minimum Gasteiger partial charge on any atom is -0.422 e. The molecule has 0 unspecified atom stereocenters. The largest absolute Gasteiger partial charge is 0.422 e. The van der Waals surface area contributed by atoms with Crippen molar-refractivity contribution in [3.8, 4) is 11.4 Å². The molecule has 3 aromatic rings. The third kappa shape index (κ3) is 3.03. The highest BCUT2D eigenvalue weighted by Gasteiger charge is 2.12. The molecule has 22 heavy (non-hydrogen) atoms. The Labute approximate surface area is 126 Å². The summed E-state index contributed by atoms with van der Waals surface area (Å²) >= 11 is 0. The topological polar surface area (TPSA) is 44.1 Å². The van der Waals surface area contributed by atoms with Crippen molar-refractivity contribution in [2.75, 3.05) is 0 Å². The number of nitrogens with zero attached hydrogens (tertiary/aromatic N) is 2. The Morgan fingerprint density at radius 3 is 2.41 bits per heavy atom. The van der Waals surface area contributed by atoms with Crippen molar-refractivity contribution in [3.63, 3.8) is 0 Å². The number of ether oxygens (including phenoxy) is 1. The van der Waals surface area contributed by atoms with E-state index in [1.54, 1.807) is 36.5 Å².